The van der Waals surface area contributed by atoms with Crippen molar-refractivity contribution < 1.29 is 41.4 Å². The lowest BCUT2D eigenvalue weighted by molar-refractivity contribution is -0.744. The van der Waals surface area contributed by atoms with E-state index in [1.807, 2.05) is 0 Å². The van der Waals surface area contributed by atoms with Gasteiger partial charge in [-0.15, -0.1) is 18.2 Å². The highest BCUT2D eigenvalue weighted by atomic mass is 35.5. The van der Waals surface area contributed by atoms with Crippen LogP contribution in [0.2, 0.25) is 0 Å². The number of carbonyl (C=O) groups excluding carboxylic acids is 2. The predicted octanol–water partition coefficient (Wildman–Crippen LogP) is 5.67. The van der Waals surface area contributed by atoms with Gasteiger partial charge in [0.1, 0.15) is 0 Å². The average Bonchev–Trinajstić information content (AvgIpc) is 3.53. The minimum Gasteiger partial charge on any atom is -0.465 e. The van der Waals surface area contributed by atoms with Gasteiger partial charge in [-0.3, -0.25) is 14.5 Å². The van der Waals surface area contributed by atoms with Crippen molar-refractivity contribution in [2.75, 3.05) is 45.3 Å². The van der Waals surface area contributed by atoms with Crippen molar-refractivity contribution in [3.63, 3.8) is 0 Å². The van der Waals surface area contributed by atoms with Crippen molar-refractivity contribution in [1.82, 2.24) is 10.1 Å². The third-order valence-electron chi connectivity index (χ3n) is 10.0. The summed E-state index contributed by atoms with van der Waals surface area (Å²) in [7, 11) is -4.22. The number of nitrogens with zero attached hydrogens (tertiary/aromatic N) is 2. The fourth-order valence-electron chi connectivity index (χ4n) is 6.73. The molecule has 1 aromatic carbocycles. The SMILES string of the molecule is C=C[C@]1(C)CC[C@@H](C(=C)CN2CCC(COC(=O)CCCC(=O)OCC#CCOc3[nH]o[n+](=O)c3S(=O)(=O)c3ccccc3)CC2)C[C@H]1C(=C)CCl. The van der Waals surface area contributed by atoms with Gasteiger partial charge in [-0.05, 0) is 97.0 Å². The van der Waals surface area contributed by atoms with Crippen molar-refractivity contribution >= 4 is 33.4 Å². The monoisotopic (exact) mass is 758 g/mol. The molecule has 3 atom stereocenters. The molecule has 0 spiro atoms. The largest absolute Gasteiger partial charge is 0.465 e. The number of rotatable bonds is 17. The molecule has 0 radical (unpaired) electrons. The summed E-state index contributed by atoms with van der Waals surface area (Å²) in [6.07, 6.45) is 7.51. The van der Waals surface area contributed by atoms with Crippen LogP contribution in [0.4, 0.5) is 0 Å². The molecule has 2 aromatic rings. The van der Waals surface area contributed by atoms with Crippen LogP contribution in [0.1, 0.15) is 58.3 Å². The number of H-pyrrole nitrogens is 1. The number of hydrogen-bond acceptors (Lipinski definition) is 10. The Balaban J connectivity index is 1.06. The van der Waals surface area contributed by atoms with E-state index < -0.39 is 26.7 Å². The molecule has 1 saturated heterocycles. The molecule has 0 unspecified atom stereocenters. The molecule has 4 rings (SSSR count). The highest BCUT2D eigenvalue weighted by Crippen LogP contribution is 2.49. The number of benzene rings is 1. The second-order valence-corrected chi connectivity index (χ2v) is 15.8. The molecule has 52 heavy (non-hydrogen) atoms. The zero-order valence-corrected chi connectivity index (χ0v) is 31.4. The number of aromatic nitrogens is 2. The summed E-state index contributed by atoms with van der Waals surface area (Å²) in [5.41, 5.74) is 2.36. The van der Waals surface area contributed by atoms with E-state index in [1.54, 1.807) is 6.07 Å². The van der Waals surface area contributed by atoms with Crippen LogP contribution >= 0.6 is 11.6 Å². The minimum absolute atomic E-state index is 0.0219. The van der Waals surface area contributed by atoms with E-state index in [9.17, 15) is 22.9 Å². The molecule has 1 aliphatic heterocycles. The van der Waals surface area contributed by atoms with E-state index >= 15 is 0 Å². The number of likely N-dealkylation sites (tertiary alicyclic amines) is 1. The van der Waals surface area contributed by atoms with Crippen LogP contribution in [0.3, 0.4) is 0 Å². The Hall–Kier alpha value is -4.12. The maximum atomic E-state index is 12.8. The number of halogens is 1. The number of sulfone groups is 1. The van der Waals surface area contributed by atoms with Crippen molar-refractivity contribution in [2.45, 2.75) is 68.2 Å². The van der Waals surface area contributed by atoms with Gasteiger partial charge < -0.3 is 14.2 Å². The van der Waals surface area contributed by atoms with Crippen LogP contribution in [-0.2, 0) is 28.9 Å². The molecule has 1 aliphatic carbocycles. The molecule has 2 fully saturated rings. The molecule has 2 heterocycles. The normalized spacial score (nSPS) is 21.0. The van der Waals surface area contributed by atoms with Crippen LogP contribution in [0.5, 0.6) is 5.88 Å². The number of hydrogen-bond donors (Lipinski definition) is 1. The first-order valence-electron chi connectivity index (χ1n) is 17.5. The zero-order valence-electron chi connectivity index (χ0n) is 29.8. The van der Waals surface area contributed by atoms with E-state index in [-0.39, 0.29) is 53.4 Å². The van der Waals surface area contributed by atoms with Gasteiger partial charge in [0, 0.05) is 25.3 Å². The summed E-state index contributed by atoms with van der Waals surface area (Å²) in [6.45, 7) is 17.6. The average molecular weight is 759 g/mol. The molecule has 282 valence electrons. The molecule has 12 nitrogen and oxygen atoms in total. The highest BCUT2D eigenvalue weighted by Gasteiger charge is 2.40. The first-order valence-corrected chi connectivity index (χ1v) is 19.5. The van der Waals surface area contributed by atoms with Gasteiger partial charge in [0.15, 0.2) is 13.2 Å². The second kappa shape index (κ2) is 19.1. The lowest BCUT2D eigenvalue weighted by Gasteiger charge is -2.45. The Labute approximate surface area is 310 Å². The van der Waals surface area contributed by atoms with Gasteiger partial charge >= 0.3 is 22.8 Å². The third kappa shape index (κ3) is 10.9. The second-order valence-electron chi connectivity index (χ2n) is 13.6. The van der Waals surface area contributed by atoms with E-state index in [2.05, 4.69) is 59.3 Å². The summed E-state index contributed by atoms with van der Waals surface area (Å²) >= 11 is 6.17. The van der Waals surface area contributed by atoms with Gasteiger partial charge in [0.25, 0.3) is 9.84 Å². The van der Waals surface area contributed by atoms with Crippen molar-refractivity contribution in [2.24, 2.45) is 23.2 Å². The Morgan fingerprint density at radius 1 is 1.08 bits per heavy atom. The van der Waals surface area contributed by atoms with E-state index in [0.29, 0.717) is 30.2 Å². The molecule has 1 saturated carbocycles. The van der Waals surface area contributed by atoms with Gasteiger partial charge in [0.05, 0.1) is 11.5 Å². The number of ether oxygens (including phenoxy) is 3. The third-order valence-corrected chi connectivity index (χ3v) is 12.1. The summed E-state index contributed by atoms with van der Waals surface area (Å²) in [5.74, 6) is 5.37. The van der Waals surface area contributed by atoms with Gasteiger partial charge in [-0.2, -0.15) is 0 Å². The summed E-state index contributed by atoms with van der Waals surface area (Å²) < 4.78 is 45.8. The van der Waals surface area contributed by atoms with Crippen molar-refractivity contribution in [3.8, 4) is 17.7 Å². The number of alkyl halides is 1. The van der Waals surface area contributed by atoms with E-state index in [4.69, 9.17) is 25.8 Å². The van der Waals surface area contributed by atoms with Crippen LogP contribution < -0.4 is 9.34 Å². The fourth-order valence-corrected chi connectivity index (χ4v) is 8.24. The maximum Gasteiger partial charge on any atom is 0.404 e. The Morgan fingerprint density at radius 2 is 1.75 bits per heavy atom. The smallest absolute Gasteiger partial charge is 0.404 e. The van der Waals surface area contributed by atoms with Crippen LogP contribution in [0.25, 0.3) is 0 Å². The summed E-state index contributed by atoms with van der Waals surface area (Å²) in [6, 6.07) is 7.34. The van der Waals surface area contributed by atoms with Crippen LogP contribution in [0.15, 0.2) is 81.8 Å². The van der Waals surface area contributed by atoms with Crippen LogP contribution in [-0.4, -0.2) is 75.7 Å². The van der Waals surface area contributed by atoms with Gasteiger partial charge in [-0.1, -0.05) is 72.0 Å². The lowest BCUT2D eigenvalue weighted by Crippen LogP contribution is -2.39. The number of piperidine rings is 1. The van der Waals surface area contributed by atoms with Crippen molar-refractivity contribution in [3.05, 3.63) is 72.2 Å². The van der Waals surface area contributed by atoms with E-state index in [0.717, 1.165) is 57.3 Å². The van der Waals surface area contributed by atoms with Crippen LogP contribution in [0, 0.1) is 39.9 Å². The highest BCUT2D eigenvalue weighted by molar-refractivity contribution is 7.91. The maximum absolute atomic E-state index is 12.8. The topological polar surface area (TPSA) is 151 Å². The molecule has 14 heteroatoms. The zero-order chi connectivity index (χ0) is 37.7. The Kier molecular flexibility index (Phi) is 14.9. The molecule has 0 amide bonds. The number of nitrogens with one attached hydrogen (secondary N) is 1. The molecule has 2 aliphatic rings. The summed E-state index contributed by atoms with van der Waals surface area (Å²) in [5, 5.41) is 1.37. The van der Waals surface area contributed by atoms with Gasteiger partial charge in [0.2, 0.25) is 4.60 Å². The molecule has 1 aromatic heterocycles. The lowest BCUT2D eigenvalue weighted by atomic mass is 9.61. The fraction of sp³-hybridized carbons (Fsp3) is 0.526. The summed E-state index contributed by atoms with van der Waals surface area (Å²) in [4.78, 5) is 38.7. The quantitative estimate of drug-likeness (QED) is 0.0926. The molecule has 0 bridgehead atoms. The molecule has 1 N–H and O–H groups in total. The van der Waals surface area contributed by atoms with Crippen molar-refractivity contribution in [1.29, 1.82) is 0 Å². The number of allylic oxidation sites excluding steroid dienone is 2. The Morgan fingerprint density at radius 3 is 2.42 bits per heavy atom. The number of aromatic amines is 1. The predicted molar refractivity (Wildman–Crippen MR) is 195 cm³/mol. The molecular formula is C38H49ClN3O9S+. The number of carbonyl (C=O) groups is 2. The Bertz CT molecular complexity index is 1800. The molecular weight excluding hydrogens is 710 g/mol. The number of esters is 2. The first kappa shape index (κ1) is 40.6. The standard InChI is InChI=1S/C38H49ClN3O9S/c1-5-38(4)19-16-31(24-33(38)28(2)25-39)29(3)26-41-20-17-30(18-21-41)27-50-35(44)15-11-14-34(43)48-22-9-10-23-49-36-37(42(45)51-40-36)52(46,47)32-12-7-6-8-13-32/h5-8,12-13,30-31,33,40H,1-3,11,14-27H2,4H3/q+1/t31-,33+,38-/m1/s1. The first-order chi connectivity index (χ1) is 24.9. The minimum atomic E-state index is -4.22. The van der Waals surface area contributed by atoms with E-state index in [1.165, 1.54) is 29.8 Å². The van der Waals surface area contributed by atoms with Gasteiger partial charge in [-0.25, -0.2) is 8.42 Å².